The average molecular weight is 288 g/mol. The lowest BCUT2D eigenvalue weighted by molar-refractivity contribution is 0.0519. The first-order valence-electron chi connectivity index (χ1n) is 5.80. The zero-order valence-corrected chi connectivity index (χ0v) is 11.0. The van der Waals surface area contributed by atoms with Crippen LogP contribution in [0.3, 0.4) is 0 Å². The zero-order valence-electron chi connectivity index (χ0n) is 10.2. The molecule has 1 aliphatic rings. The second-order valence-electron chi connectivity index (χ2n) is 4.06. The van der Waals surface area contributed by atoms with E-state index in [1.54, 1.807) is 6.92 Å². The number of esters is 1. The summed E-state index contributed by atoms with van der Waals surface area (Å²) in [5.74, 6) is -0.898. The molecule has 19 heavy (non-hydrogen) atoms. The number of hydrogen-bond acceptors (Lipinski definition) is 5. The zero-order chi connectivity index (χ0) is 14.0. The predicted molar refractivity (Wildman–Crippen MR) is 65.2 cm³/mol. The van der Waals surface area contributed by atoms with Crippen molar-refractivity contribution >= 4 is 23.4 Å². The molecule has 1 amide bonds. The molecule has 0 aromatic carbocycles. The minimum Gasteiger partial charge on any atom is -0.465 e. The maximum atomic E-state index is 13.1. The summed E-state index contributed by atoms with van der Waals surface area (Å²) >= 11 is 1.15. The van der Waals surface area contributed by atoms with Crippen LogP contribution in [0.5, 0.6) is 0 Å². The Morgan fingerprint density at radius 3 is 2.84 bits per heavy atom. The Balaban J connectivity index is 2.18. The van der Waals surface area contributed by atoms with E-state index in [-0.39, 0.29) is 24.8 Å². The molecule has 1 saturated carbocycles. The van der Waals surface area contributed by atoms with Crippen molar-refractivity contribution in [2.24, 2.45) is 0 Å². The van der Waals surface area contributed by atoms with E-state index in [0.717, 1.165) is 11.3 Å². The van der Waals surface area contributed by atoms with Gasteiger partial charge >= 0.3 is 12.1 Å². The molecule has 1 heterocycles. The highest BCUT2D eigenvalue weighted by Crippen LogP contribution is 2.47. The van der Waals surface area contributed by atoms with Crippen molar-refractivity contribution < 1.29 is 23.8 Å². The lowest BCUT2D eigenvalue weighted by Gasteiger charge is -2.00. The maximum Gasteiger partial charge on any atom is 0.405 e. The van der Waals surface area contributed by atoms with E-state index in [0.29, 0.717) is 16.3 Å². The highest BCUT2D eigenvalue weighted by atomic mass is 32.1. The van der Waals surface area contributed by atoms with Crippen molar-refractivity contribution in [3.8, 4) is 0 Å². The quantitative estimate of drug-likeness (QED) is 0.808. The molecule has 2 rings (SSSR count). The third-order valence-corrected chi connectivity index (χ3v) is 3.79. The topological polar surface area (TPSA) is 88.5 Å². The summed E-state index contributed by atoms with van der Waals surface area (Å²) in [4.78, 5) is 26.7. The van der Waals surface area contributed by atoms with Gasteiger partial charge in [0.2, 0.25) is 0 Å². The van der Waals surface area contributed by atoms with Crippen LogP contribution in [0, 0.1) is 0 Å². The van der Waals surface area contributed by atoms with Crippen molar-refractivity contribution in [3.05, 3.63) is 15.6 Å². The van der Waals surface area contributed by atoms with E-state index < -0.39 is 18.2 Å². The first kappa shape index (κ1) is 13.7. The fourth-order valence-electron chi connectivity index (χ4n) is 1.64. The van der Waals surface area contributed by atoms with Gasteiger partial charge in [-0.1, -0.05) is 0 Å². The Morgan fingerprint density at radius 1 is 1.63 bits per heavy atom. The molecule has 0 aliphatic heterocycles. The average Bonchev–Trinajstić information content (AvgIpc) is 2.91. The van der Waals surface area contributed by atoms with Crippen LogP contribution in [-0.2, 0) is 11.3 Å². The molecule has 0 bridgehead atoms. The monoisotopic (exact) mass is 288 g/mol. The molecular formula is C11H13FN2O4S. The number of aromatic nitrogens is 1. The summed E-state index contributed by atoms with van der Waals surface area (Å²) in [5, 5.41) is 11.1. The minimum absolute atomic E-state index is 0.00389. The fourth-order valence-corrected chi connectivity index (χ4v) is 2.79. The number of rotatable bonds is 5. The first-order valence-corrected chi connectivity index (χ1v) is 6.62. The number of nitrogens with one attached hydrogen (secondary N) is 1. The SMILES string of the molecule is CCOC(=O)c1nc(CNC(=O)O)sc1[C@@H]1C[C@@H]1F. The van der Waals surface area contributed by atoms with Crippen molar-refractivity contribution in [1.82, 2.24) is 10.3 Å². The molecule has 8 heteroatoms. The summed E-state index contributed by atoms with van der Waals surface area (Å²) in [7, 11) is 0. The van der Waals surface area contributed by atoms with Crippen molar-refractivity contribution in [1.29, 1.82) is 0 Å². The van der Waals surface area contributed by atoms with Crippen LogP contribution < -0.4 is 5.32 Å². The summed E-state index contributed by atoms with van der Waals surface area (Å²) < 4.78 is 18.0. The van der Waals surface area contributed by atoms with Gasteiger partial charge in [0.05, 0.1) is 13.2 Å². The first-order chi connectivity index (χ1) is 9.02. The second-order valence-corrected chi connectivity index (χ2v) is 5.17. The van der Waals surface area contributed by atoms with E-state index >= 15 is 0 Å². The number of carboxylic acid groups (broad SMARTS) is 1. The summed E-state index contributed by atoms with van der Waals surface area (Å²) in [6, 6.07) is 0. The standard InChI is InChI=1S/C11H13FN2O4S/c1-2-18-10(15)8-9(5-3-6(5)12)19-7(14-8)4-13-11(16)17/h5-6,13H,2-4H2,1H3,(H,16,17)/t5-,6+/m1/s1. The van der Waals surface area contributed by atoms with Gasteiger partial charge in [-0.2, -0.15) is 0 Å². The van der Waals surface area contributed by atoms with E-state index in [2.05, 4.69) is 10.3 Å². The molecule has 0 saturated heterocycles. The number of halogens is 1. The molecule has 0 spiro atoms. The van der Waals surface area contributed by atoms with Gasteiger partial charge in [0.15, 0.2) is 5.69 Å². The molecule has 0 radical (unpaired) electrons. The Bertz CT molecular complexity index is 505. The molecule has 0 unspecified atom stereocenters. The Kier molecular flexibility index (Phi) is 3.98. The van der Waals surface area contributed by atoms with Crippen molar-refractivity contribution in [2.45, 2.75) is 32.0 Å². The summed E-state index contributed by atoms with van der Waals surface area (Å²) in [6.07, 6.45) is -1.75. The van der Waals surface area contributed by atoms with Crippen LogP contribution >= 0.6 is 11.3 Å². The smallest absolute Gasteiger partial charge is 0.405 e. The highest BCUT2D eigenvalue weighted by molar-refractivity contribution is 7.12. The van der Waals surface area contributed by atoms with Crippen LogP contribution in [-0.4, -0.2) is 34.9 Å². The van der Waals surface area contributed by atoms with E-state index in [9.17, 15) is 14.0 Å². The Labute approximate surface area is 112 Å². The van der Waals surface area contributed by atoms with Gasteiger partial charge in [-0.3, -0.25) is 0 Å². The van der Waals surface area contributed by atoms with E-state index in [1.165, 1.54) is 0 Å². The number of carbonyl (C=O) groups is 2. The van der Waals surface area contributed by atoms with Crippen LogP contribution in [0.1, 0.15) is 39.6 Å². The van der Waals surface area contributed by atoms with Crippen LogP contribution in [0.4, 0.5) is 9.18 Å². The third-order valence-electron chi connectivity index (χ3n) is 2.61. The second kappa shape index (κ2) is 5.52. The van der Waals surface area contributed by atoms with Crippen molar-refractivity contribution in [2.75, 3.05) is 6.61 Å². The Morgan fingerprint density at radius 2 is 2.32 bits per heavy atom. The van der Waals surface area contributed by atoms with Gasteiger partial charge in [0, 0.05) is 10.8 Å². The van der Waals surface area contributed by atoms with Gasteiger partial charge < -0.3 is 15.2 Å². The minimum atomic E-state index is -1.18. The van der Waals surface area contributed by atoms with Gasteiger partial charge in [0.25, 0.3) is 0 Å². The number of thiazole rings is 1. The van der Waals surface area contributed by atoms with Crippen molar-refractivity contribution in [3.63, 3.8) is 0 Å². The molecule has 1 aliphatic carbocycles. The number of alkyl halides is 1. The predicted octanol–water partition coefficient (Wildman–Crippen LogP) is 1.91. The third kappa shape index (κ3) is 3.19. The van der Waals surface area contributed by atoms with Gasteiger partial charge in [0.1, 0.15) is 11.2 Å². The normalized spacial score (nSPS) is 20.9. The molecule has 1 aromatic rings. The molecule has 2 atom stereocenters. The van der Waals surface area contributed by atoms with E-state index in [4.69, 9.17) is 9.84 Å². The summed E-state index contributed by atoms with van der Waals surface area (Å²) in [5.41, 5.74) is 0.110. The number of ether oxygens (including phenoxy) is 1. The van der Waals surface area contributed by atoms with Crippen LogP contribution in [0.2, 0.25) is 0 Å². The lowest BCUT2D eigenvalue weighted by atomic mass is 10.2. The largest absolute Gasteiger partial charge is 0.465 e. The van der Waals surface area contributed by atoms with Gasteiger partial charge in [-0.15, -0.1) is 11.3 Å². The van der Waals surface area contributed by atoms with Crippen LogP contribution in [0.15, 0.2) is 0 Å². The maximum absolute atomic E-state index is 13.1. The molecule has 104 valence electrons. The lowest BCUT2D eigenvalue weighted by Crippen LogP contribution is -2.19. The molecule has 2 N–H and O–H groups in total. The van der Waals surface area contributed by atoms with Crippen LogP contribution in [0.25, 0.3) is 0 Å². The molecule has 1 fully saturated rings. The fraction of sp³-hybridized carbons (Fsp3) is 0.545. The number of hydrogen-bond donors (Lipinski definition) is 2. The van der Waals surface area contributed by atoms with Gasteiger partial charge in [-0.25, -0.2) is 19.0 Å². The summed E-state index contributed by atoms with van der Waals surface area (Å²) in [6.45, 7) is 1.88. The number of nitrogens with zero attached hydrogens (tertiary/aromatic N) is 1. The Hall–Kier alpha value is -1.70. The highest BCUT2D eigenvalue weighted by Gasteiger charge is 2.43. The number of amides is 1. The molecule has 6 nitrogen and oxygen atoms in total. The number of carbonyl (C=O) groups excluding carboxylic acids is 1. The van der Waals surface area contributed by atoms with Gasteiger partial charge in [-0.05, 0) is 13.3 Å². The molecule has 1 aromatic heterocycles. The van der Waals surface area contributed by atoms with E-state index in [1.807, 2.05) is 0 Å². The molecular weight excluding hydrogens is 275 g/mol.